The molecule has 3 heterocycles. The Hall–Kier alpha value is -1.77. The highest BCUT2D eigenvalue weighted by Gasteiger charge is 2.25. The summed E-state index contributed by atoms with van der Waals surface area (Å²) in [6.45, 7) is 10.4. The predicted molar refractivity (Wildman–Crippen MR) is 101 cm³/mol. The maximum absolute atomic E-state index is 12.8. The molecule has 1 aromatic rings. The minimum absolute atomic E-state index is 0.133. The number of hydrogen-bond donors (Lipinski definition) is 1. The molecular formula is C18H30N6O2. The first-order valence-corrected chi connectivity index (χ1v) is 9.37. The van der Waals surface area contributed by atoms with Crippen LogP contribution in [0.2, 0.25) is 0 Å². The molecule has 0 spiro atoms. The number of carbonyl (C=O) groups is 1. The molecule has 1 amide bonds. The number of hydrogen-bond acceptors (Lipinski definition) is 7. The summed E-state index contributed by atoms with van der Waals surface area (Å²) in [4.78, 5) is 28.1. The second-order valence-electron chi connectivity index (χ2n) is 7.26. The lowest BCUT2D eigenvalue weighted by Gasteiger charge is -2.28. The Morgan fingerprint density at radius 2 is 2.00 bits per heavy atom. The lowest BCUT2D eigenvalue weighted by atomic mass is 10.2. The van der Waals surface area contributed by atoms with Crippen LogP contribution in [0, 0.1) is 13.8 Å². The number of amides is 1. The maximum Gasteiger partial charge on any atom is 0.291 e. The molecule has 1 aromatic heterocycles. The van der Waals surface area contributed by atoms with E-state index in [9.17, 15) is 4.79 Å². The number of aryl methyl sites for hydroxylation is 1. The van der Waals surface area contributed by atoms with Crippen LogP contribution in [-0.2, 0) is 4.74 Å². The van der Waals surface area contributed by atoms with Gasteiger partial charge >= 0.3 is 0 Å². The van der Waals surface area contributed by atoms with Crippen molar-refractivity contribution in [2.45, 2.75) is 26.3 Å². The van der Waals surface area contributed by atoms with Crippen molar-refractivity contribution in [3.05, 3.63) is 17.1 Å². The number of ether oxygens (including phenoxy) is 1. The third-order valence-corrected chi connectivity index (χ3v) is 5.28. The fourth-order valence-electron chi connectivity index (χ4n) is 3.39. The molecule has 0 radical (unpaired) electrons. The van der Waals surface area contributed by atoms with E-state index < -0.39 is 0 Å². The van der Waals surface area contributed by atoms with Crippen molar-refractivity contribution in [1.29, 1.82) is 0 Å². The van der Waals surface area contributed by atoms with Gasteiger partial charge in [0.25, 0.3) is 5.91 Å². The van der Waals surface area contributed by atoms with E-state index in [2.05, 4.69) is 19.8 Å². The standard InChI is InChI=1S/C18H30N6O2/c1-13-14(2)20-16(21-17(13)24-5-4-15(19)12-24)18(25)22(3)6-7-23-8-10-26-11-9-23/h15H,4-12,19H2,1-3H3/t15-/m1/s1. The Balaban J connectivity index is 1.68. The number of morpholine rings is 1. The third kappa shape index (κ3) is 4.31. The highest BCUT2D eigenvalue weighted by molar-refractivity contribution is 5.90. The van der Waals surface area contributed by atoms with Gasteiger partial charge in [0.15, 0.2) is 0 Å². The van der Waals surface area contributed by atoms with Crippen molar-refractivity contribution in [2.75, 3.05) is 64.4 Å². The molecule has 8 nitrogen and oxygen atoms in total. The molecule has 144 valence electrons. The minimum atomic E-state index is -0.133. The van der Waals surface area contributed by atoms with Gasteiger partial charge in [-0.15, -0.1) is 0 Å². The summed E-state index contributed by atoms with van der Waals surface area (Å²) in [5.41, 5.74) is 7.90. The molecule has 8 heteroatoms. The molecule has 26 heavy (non-hydrogen) atoms. The predicted octanol–water partition coefficient (Wildman–Crippen LogP) is 0.0350. The molecule has 0 aliphatic carbocycles. The first-order chi connectivity index (χ1) is 12.5. The molecular weight excluding hydrogens is 332 g/mol. The molecule has 2 aliphatic rings. The Morgan fingerprint density at radius 1 is 1.27 bits per heavy atom. The van der Waals surface area contributed by atoms with Gasteiger partial charge in [-0.1, -0.05) is 0 Å². The Labute approximate surface area is 155 Å². The number of nitrogens with two attached hydrogens (primary N) is 1. The van der Waals surface area contributed by atoms with Crippen LogP contribution in [0.25, 0.3) is 0 Å². The van der Waals surface area contributed by atoms with E-state index in [0.717, 1.165) is 69.4 Å². The van der Waals surface area contributed by atoms with Crippen molar-refractivity contribution in [3.63, 3.8) is 0 Å². The van der Waals surface area contributed by atoms with Crippen LogP contribution in [-0.4, -0.2) is 91.2 Å². The third-order valence-electron chi connectivity index (χ3n) is 5.28. The molecule has 2 fully saturated rings. The summed E-state index contributed by atoms with van der Waals surface area (Å²) in [5.74, 6) is 0.981. The van der Waals surface area contributed by atoms with Gasteiger partial charge < -0.3 is 20.3 Å². The number of carbonyl (C=O) groups excluding carboxylic acids is 1. The van der Waals surface area contributed by atoms with E-state index in [4.69, 9.17) is 10.5 Å². The number of rotatable bonds is 5. The van der Waals surface area contributed by atoms with Gasteiger partial charge in [0.2, 0.25) is 5.82 Å². The first kappa shape index (κ1) is 19.0. The van der Waals surface area contributed by atoms with Crippen LogP contribution in [0.4, 0.5) is 5.82 Å². The van der Waals surface area contributed by atoms with E-state index in [1.807, 2.05) is 20.9 Å². The van der Waals surface area contributed by atoms with Crippen molar-refractivity contribution >= 4 is 11.7 Å². The molecule has 0 bridgehead atoms. The average molecular weight is 362 g/mol. The molecule has 2 aliphatic heterocycles. The second-order valence-corrected chi connectivity index (χ2v) is 7.26. The largest absolute Gasteiger partial charge is 0.379 e. The molecule has 1 atom stereocenters. The van der Waals surface area contributed by atoms with Crippen molar-refractivity contribution < 1.29 is 9.53 Å². The monoisotopic (exact) mass is 362 g/mol. The lowest BCUT2D eigenvalue weighted by Crippen LogP contribution is -2.42. The van der Waals surface area contributed by atoms with E-state index in [1.165, 1.54) is 0 Å². The molecule has 2 saturated heterocycles. The SMILES string of the molecule is Cc1nc(C(=O)N(C)CCN2CCOCC2)nc(N2CC[C@@H](N)C2)c1C. The van der Waals surface area contributed by atoms with Crippen LogP contribution in [0.15, 0.2) is 0 Å². The zero-order chi connectivity index (χ0) is 18.7. The van der Waals surface area contributed by atoms with E-state index in [0.29, 0.717) is 6.54 Å². The Kier molecular flexibility index (Phi) is 6.05. The number of aromatic nitrogens is 2. The topological polar surface area (TPSA) is 87.8 Å². The average Bonchev–Trinajstić information content (AvgIpc) is 3.08. The zero-order valence-corrected chi connectivity index (χ0v) is 16.1. The van der Waals surface area contributed by atoms with Gasteiger partial charge in [0.05, 0.1) is 13.2 Å². The van der Waals surface area contributed by atoms with Gasteiger partial charge in [0.1, 0.15) is 5.82 Å². The summed E-state index contributed by atoms with van der Waals surface area (Å²) in [5, 5.41) is 0. The van der Waals surface area contributed by atoms with Crippen molar-refractivity contribution in [1.82, 2.24) is 19.8 Å². The van der Waals surface area contributed by atoms with E-state index >= 15 is 0 Å². The lowest BCUT2D eigenvalue weighted by molar-refractivity contribution is 0.0337. The summed E-state index contributed by atoms with van der Waals surface area (Å²) >= 11 is 0. The van der Waals surface area contributed by atoms with Crippen LogP contribution in [0.3, 0.4) is 0 Å². The quantitative estimate of drug-likeness (QED) is 0.791. The first-order valence-electron chi connectivity index (χ1n) is 9.37. The van der Waals surface area contributed by atoms with Gasteiger partial charge in [0, 0.05) is 63.6 Å². The summed E-state index contributed by atoms with van der Waals surface area (Å²) in [7, 11) is 1.81. The Bertz CT molecular complexity index is 647. The molecule has 0 unspecified atom stereocenters. The normalized spacial score (nSPS) is 21.2. The van der Waals surface area contributed by atoms with Crippen molar-refractivity contribution in [3.8, 4) is 0 Å². The van der Waals surface area contributed by atoms with Gasteiger partial charge in [-0.2, -0.15) is 0 Å². The fraction of sp³-hybridized carbons (Fsp3) is 0.722. The second kappa shape index (κ2) is 8.28. The van der Waals surface area contributed by atoms with Crippen LogP contribution in [0.1, 0.15) is 28.3 Å². The van der Waals surface area contributed by atoms with E-state index in [1.54, 1.807) is 4.90 Å². The summed E-state index contributed by atoms with van der Waals surface area (Å²) in [6, 6.07) is 0.167. The van der Waals surface area contributed by atoms with Gasteiger partial charge in [-0.25, -0.2) is 9.97 Å². The van der Waals surface area contributed by atoms with E-state index in [-0.39, 0.29) is 17.8 Å². The van der Waals surface area contributed by atoms with Crippen molar-refractivity contribution in [2.24, 2.45) is 5.73 Å². The highest BCUT2D eigenvalue weighted by Crippen LogP contribution is 2.23. The van der Waals surface area contributed by atoms with Crippen LogP contribution < -0.4 is 10.6 Å². The van der Waals surface area contributed by atoms with Crippen LogP contribution in [0.5, 0.6) is 0 Å². The fourth-order valence-corrected chi connectivity index (χ4v) is 3.39. The number of likely N-dealkylation sites (N-methyl/N-ethyl adjacent to an activating group) is 1. The zero-order valence-electron chi connectivity index (χ0n) is 16.1. The van der Waals surface area contributed by atoms with Gasteiger partial charge in [-0.05, 0) is 20.3 Å². The highest BCUT2D eigenvalue weighted by atomic mass is 16.5. The smallest absolute Gasteiger partial charge is 0.291 e. The molecule has 0 saturated carbocycles. The molecule has 2 N–H and O–H groups in total. The van der Waals surface area contributed by atoms with Crippen LogP contribution >= 0.6 is 0 Å². The summed E-state index contributed by atoms with van der Waals surface area (Å²) in [6.07, 6.45) is 0.950. The molecule has 0 aromatic carbocycles. The Morgan fingerprint density at radius 3 is 2.65 bits per heavy atom. The minimum Gasteiger partial charge on any atom is -0.379 e. The summed E-state index contributed by atoms with van der Waals surface area (Å²) < 4.78 is 5.36. The number of anilines is 1. The number of nitrogens with zero attached hydrogens (tertiary/aromatic N) is 5. The maximum atomic E-state index is 12.8. The van der Waals surface area contributed by atoms with Gasteiger partial charge in [-0.3, -0.25) is 9.69 Å². The molecule has 3 rings (SSSR count).